The van der Waals surface area contributed by atoms with Crippen molar-refractivity contribution in [3.8, 4) is 0 Å². The number of nitrogens with one attached hydrogen (secondary N) is 1. The Morgan fingerprint density at radius 2 is 1.93 bits per heavy atom. The molecule has 0 atom stereocenters. The SMILES string of the molecule is [B]NCCN([B])Cc1ccc(C)cc1. The third-order valence-electron chi connectivity index (χ3n) is 2.05. The summed E-state index contributed by atoms with van der Waals surface area (Å²) in [5.74, 6) is 0. The van der Waals surface area contributed by atoms with E-state index in [0.717, 1.165) is 13.1 Å². The first-order valence-electron chi connectivity index (χ1n) is 4.71. The minimum absolute atomic E-state index is 0.697. The molecule has 14 heavy (non-hydrogen) atoms. The lowest BCUT2D eigenvalue weighted by Crippen LogP contribution is -2.28. The van der Waals surface area contributed by atoms with Crippen LogP contribution in [-0.4, -0.2) is 33.9 Å². The molecule has 0 aliphatic heterocycles. The topological polar surface area (TPSA) is 15.3 Å². The summed E-state index contributed by atoms with van der Waals surface area (Å²) in [5.41, 5.74) is 2.48. The summed E-state index contributed by atoms with van der Waals surface area (Å²) in [6.07, 6.45) is 0. The van der Waals surface area contributed by atoms with Gasteiger partial charge in [0.15, 0.2) is 16.0 Å². The van der Waals surface area contributed by atoms with Crippen molar-refractivity contribution in [1.29, 1.82) is 0 Å². The van der Waals surface area contributed by atoms with E-state index in [1.165, 1.54) is 11.1 Å². The molecule has 0 fully saturated rings. The number of hydrogen-bond donors (Lipinski definition) is 1. The molecule has 0 aliphatic rings. The number of hydrogen-bond acceptors (Lipinski definition) is 2. The van der Waals surface area contributed by atoms with E-state index < -0.39 is 0 Å². The Kier molecular flexibility index (Phi) is 4.77. The van der Waals surface area contributed by atoms with Gasteiger partial charge in [-0.15, -0.1) is 0 Å². The summed E-state index contributed by atoms with van der Waals surface area (Å²) >= 11 is 0. The van der Waals surface area contributed by atoms with Crippen LogP contribution in [0.25, 0.3) is 0 Å². The van der Waals surface area contributed by atoms with E-state index in [-0.39, 0.29) is 0 Å². The fourth-order valence-corrected chi connectivity index (χ4v) is 1.22. The number of aryl methyl sites for hydroxylation is 1. The van der Waals surface area contributed by atoms with E-state index in [0.29, 0.717) is 6.54 Å². The molecule has 0 heterocycles. The zero-order chi connectivity index (χ0) is 10.4. The van der Waals surface area contributed by atoms with Crippen molar-refractivity contribution in [2.75, 3.05) is 13.1 Å². The van der Waals surface area contributed by atoms with Crippen LogP contribution in [0.5, 0.6) is 0 Å². The quantitative estimate of drug-likeness (QED) is 0.672. The molecule has 4 heteroatoms. The largest absolute Gasteiger partial charge is 0.365 e. The molecule has 1 rings (SSSR count). The zero-order valence-corrected chi connectivity index (χ0v) is 8.53. The average molecular weight is 184 g/mol. The van der Waals surface area contributed by atoms with Gasteiger partial charge in [0.05, 0.1) is 0 Å². The predicted molar refractivity (Wildman–Crippen MR) is 61.1 cm³/mol. The second kappa shape index (κ2) is 5.89. The molecule has 0 aliphatic carbocycles. The molecule has 1 aromatic carbocycles. The molecule has 0 saturated heterocycles. The Morgan fingerprint density at radius 1 is 1.29 bits per heavy atom. The molecule has 2 nitrogen and oxygen atoms in total. The van der Waals surface area contributed by atoms with Gasteiger partial charge in [0, 0.05) is 6.54 Å². The monoisotopic (exact) mass is 184 g/mol. The van der Waals surface area contributed by atoms with E-state index in [1.54, 1.807) is 4.81 Å². The van der Waals surface area contributed by atoms with Crippen molar-refractivity contribution < 1.29 is 0 Å². The zero-order valence-electron chi connectivity index (χ0n) is 8.53. The second-order valence-electron chi connectivity index (χ2n) is 3.41. The molecular weight excluding hydrogens is 170 g/mol. The van der Waals surface area contributed by atoms with Gasteiger partial charge in [-0.2, -0.15) is 0 Å². The first-order valence-corrected chi connectivity index (χ1v) is 4.71. The molecule has 70 valence electrons. The normalized spacial score (nSPS) is 10.7. The molecule has 0 saturated carbocycles. The Balaban J connectivity index is 2.39. The van der Waals surface area contributed by atoms with Crippen molar-refractivity contribution >= 4 is 16.0 Å². The van der Waals surface area contributed by atoms with E-state index in [9.17, 15) is 0 Å². The van der Waals surface area contributed by atoms with Gasteiger partial charge < -0.3 is 10.0 Å². The summed E-state index contributed by atoms with van der Waals surface area (Å²) in [6, 6.07) is 8.35. The first-order chi connectivity index (χ1) is 6.72. The molecular formula is C10H14B2N2. The minimum atomic E-state index is 0.697. The van der Waals surface area contributed by atoms with Gasteiger partial charge >= 0.3 is 0 Å². The maximum absolute atomic E-state index is 5.77. The Hall–Kier alpha value is -0.730. The fourth-order valence-electron chi connectivity index (χ4n) is 1.22. The van der Waals surface area contributed by atoms with Crippen molar-refractivity contribution in [2.45, 2.75) is 13.5 Å². The van der Waals surface area contributed by atoms with Crippen LogP contribution in [0.15, 0.2) is 24.3 Å². The molecule has 0 amide bonds. The Bertz CT molecular complexity index is 261. The summed E-state index contributed by atoms with van der Waals surface area (Å²) in [7, 11) is 10.9. The average Bonchev–Trinajstić information content (AvgIpc) is 2.18. The second-order valence-corrected chi connectivity index (χ2v) is 3.41. The Labute approximate surface area is 88.5 Å². The van der Waals surface area contributed by atoms with E-state index in [4.69, 9.17) is 16.0 Å². The summed E-state index contributed by atoms with van der Waals surface area (Å²) in [5, 5.41) is 2.57. The summed E-state index contributed by atoms with van der Waals surface area (Å²) in [4.78, 5) is 1.74. The third-order valence-corrected chi connectivity index (χ3v) is 2.05. The Morgan fingerprint density at radius 3 is 2.50 bits per heavy atom. The number of benzene rings is 1. The van der Waals surface area contributed by atoms with Gasteiger partial charge in [0.25, 0.3) is 0 Å². The van der Waals surface area contributed by atoms with Crippen LogP contribution < -0.4 is 5.23 Å². The lowest BCUT2D eigenvalue weighted by Gasteiger charge is -2.17. The molecule has 0 spiro atoms. The van der Waals surface area contributed by atoms with Gasteiger partial charge in [-0.05, 0) is 25.6 Å². The highest BCUT2D eigenvalue weighted by Gasteiger charge is 1.98. The first kappa shape index (κ1) is 11.3. The summed E-state index contributed by atoms with van der Waals surface area (Å²) in [6.45, 7) is 4.26. The van der Waals surface area contributed by atoms with Crippen LogP contribution in [0.1, 0.15) is 11.1 Å². The van der Waals surface area contributed by atoms with Crippen LogP contribution in [0.4, 0.5) is 0 Å². The lowest BCUT2D eigenvalue weighted by molar-refractivity contribution is 0.453. The highest BCUT2D eigenvalue weighted by molar-refractivity contribution is 6.05. The van der Waals surface area contributed by atoms with Crippen LogP contribution in [0.3, 0.4) is 0 Å². The van der Waals surface area contributed by atoms with E-state index >= 15 is 0 Å². The fraction of sp³-hybridized carbons (Fsp3) is 0.400. The molecule has 1 aromatic rings. The predicted octanol–water partition coefficient (Wildman–Crippen LogP) is 0.554. The van der Waals surface area contributed by atoms with Gasteiger partial charge in [-0.1, -0.05) is 29.8 Å². The highest BCUT2D eigenvalue weighted by atomic mass is 15.0. The van der Waals surface area contributed by atoms with E-state index in [1.807, 2.05) is 0 Å². The third kappa shape index (κ3) is 3.99. The maximum atomic E-state index is 5.77. The van der Waals surface area contributed by atoms with Crippen molar-refractivity contribution in [3.05, 3.63) is 35.4 Å². The smallest absolute Gasteiger partial charge is 0.183 e. The standard InChI is InChI=1S/C10H14B2N2/c1-9-2-4-10(5-3-9)8-14(12)7-6-13-11/h2-5,13H,6-8H2,1H3. The van der Waals surface area contributed by atoms with Crippen LogP contribution in [0, 0.1) is 6.92 Å². The van der Waals surface area contributed by atoms with Gasteiger partial charge in [0.2, 0.25) is 0 Å². The van der Waals surface area contributed by atoms with Crippen molar-refractivity contribution in [3.63, 3.8) is 0 Å². The van der Waals surface area contributed by atoms with Gasteiger partial charge in [0.1, 0.15) is 0 Å². The number of rotatable bonds is 5. The van der Waals surface area contributed by atoms with Gasteiger partial charge in [-0.3, -0.25) is 0 Å². The molecule has 4 radical (unpaired) electrons. The molecule has 1 N–H and O–H groups in total. The van der Waals surface area contributed by atoms with Crippen LogP contribution >= 0.6 is 0 Å². The minimum Gasteiger partial charge on any atom is -0.365 e. The molecule has 0 aromatic heterocycles. The number of nitrogens with zero attached hydrogens (tertiary/aromatic N) is 1. The van der Waals surface area contributed by atoms with Crippen LogP contribution in [-0.2, 0) is 6.54 Å². The highest BCUT2D eigenvalue weighted by Crippen LogP contribution is 2.04. The molecule has 0 bridgehead atoms. The van der Waals surface area contributed by atoms with Crippen molar-refractivity contribution in [1.82, 2.24) is 10.0 Å². The van der Waals surface area contributed by atoms with Gasteiger partial charge in [-0.25, -0.2) is 0 Å². The van der Waals surface area contributed by atoms with Crippen LogP contribution in [0.2, 0.25) is 0 Å². The van der Waals surface area contributed by atoms with Crippen molar-refractivity contribution in [2.24, 2.45) is 0 Å². The maximum Gasteiger partial charge on any atom is 0.183 e. The molecule has 0 unspecified atom stereocenters. The van der Waals surface area contributed by atoms with E-state index in [2.05, 4.69) is 36.4 Å². The lowest BCUT2D eigenvalue weighted by atomic mass is 10.1. The summed E-state index contributed by atoms with van der Waals surface area (Å²) < 4.78 is 0.